The van der Waals surface area contributed by atoms with E-state index in [-0.39, 0.29) is 11.7 Å². The highest BCUT2D eigenvalue weighted by atomic mass is 35.5. The standard InChI is InChI=1S/C14H9ClN4O2/c15-10-3-1-2-9(8-10)12-16-5-4-11(18-12)13(20)19-14-17-6-7-21-14/h1-8H,(H,17,19,20). The summed E-state index contributed by atoms with van der Waals surface area (Å²) in [7, 11) is 0. The van der Waals surface area contributed by atoms with Crippen molar-refractivity contribution in [1.29, 1.82) is 0 Å². The molecule has 2 heterocycles. The van der Waals surface area contributed by atoms with E-state index in [2.05, 4.69) is 20.3 Å². The van der Waals surface area contributed by atoms with Gasteiger partial charge in [0.1, 0.15) is 12.0 Å². The molecule has 0 aliphatic rings. The smallest absolute Gasteiger partial charge is 0.301 e. The van der Waals surface area contributed by atoms with Crippen LogP contribution in [0.25, 0.3) is 11.4 Å². The highest BCUT2D eigenvalue weighted by Gasteiger charge is 2.12. The molecule has 0 spiro atoms. The number of carbonyl (C=O) groups excluding carboxylic acids is 1. The molecule has 0 unspecified atom stereocenters. The number of nitrogens with one attached hydrogen (secondary N) is 1. The summed E-state index contributed by atoms with van der Waals surface area (Å²) in [6.07, 6.45) is 4.31. The zero-order chi connectivity index (χ0) is 14.7. The number of nitrogens with zero attached hydrogens (tertiary/aromatic N) is 3. The third-order valence-electron chi connectivity index (χ3n) is 2.62. The van der Waals surface area contributed by atoms with E-state index in [9.17, 15) is 4.79 Å². The summed E-state index contributed by atoms with van der Waals surface area (Å²) >= 11 is 5.94. The van der Waals surface area contributed by atoms with Crippen LogP contribution in [0.1, 0.15) is 10.5 Å². The Balaban J connectivity index is 1.88. The molecule has 0 aliphatic carbocycles. The molecule has 104 valence electrons. The summed E-state index contributed by atoms with van der Waals surface area (Å²) < 4.78 is 4.95. The highest BCUT2D eigenvalue weighted by molar-refractivity contribution is 6.30. The second-order valence-corrected chi connectivity index (χ2v) is 4.50. The van der Waals surface area contributed by atoms with Crippen molar-refractivity contribution < 1.29 is 9.21 Å². The summed E-state index contributed by atoms with van der Waals surface area (Å²) in [5, 5.41) is 3.07. The summed E-state index contributed by atoms with van der Waals surface area (Å²) in [5.41, 5.74) is 0.937. The van der Waals surface area contributed by atoms with Gasteiger partial charge in [-0.3, -0.25) is 10.1 Å². The Labute approximate surface area is 124 Å². The molecule has 0 saturated carbocycles. The number of amides is 1. The lowest BCUT2D eigenvalue weighted by Crippen LogP contribution is -2.14. The van der Waals surface area contributed by atoms with Crippen molar-refractivity contribution in [2.45, 2.75) is 0 Å². The fourth-order valence-electron chi connectivity index (χ4n) is 1.70. The van der Waals surface area contributed by atoms with Crippen LogP contribution in [0.15, 0.2) is 53.4 Å². The van der Waals surface area contributed by atoms with Gasteiger partial charge in [0.15, 0.2) is 5.82 Å². The molecule has 0 saturated heterocycles. The van der Waals surface area contributed by atoms with E-state index in [4.69, 9.17) is 16.0 Å². The Morgan fingerprint density at radius 1 is 1.19 bits per heavy atom. The van der Waals surface area contributed by atoms with Crippen LogP contribution in [0.5, 0.6) is 0 Å². The number of oxazole rings is 1. The number of carbonyl (C=O) groups is 1. The normalized spacial score (nSPS) is 10.3. The van der Waals surface area contributed by atoms with Crippen LogP contribution < -0.4 is 5.32 Å². The number of rotatable bonds is 3. The first-order valence-electron chi connectivity index (χ1n) is 6.02. The fourth-order valence-corrected chi connectivity index (χ4v) is 1.89. The van der Waals surface area contributed by atoms with Gasteiger partial charge >= 0.3 is 6.01 Å². The number of halogens is 1. The molecule has 3 rings (SSSR count). The largest absolute Gasteiger partial charge is 0.432 e. The van der Waals surface area contributed by atoms with Crippen LogP contribution in [0.2, 0.25) is 5.02 Å². The molecule has 0 bridgehead atoms. The van der Waals surface area contributed by atoms with Gasteiger partial charge in [0.25, 0.3) is 5.91 Å². The Kier molecular flexibility index (Phi) is 3.61. The number of aromatic nitrogens is 3. The van der Waals surface area contributed by atoms with E-state index >= 15 is 0 Å². The third-order valence-corrected chi connectivity index (χ3v) is 2.86. The molecule has 0 radical (unpaired) electrons. The van der Waals surface area contributed by atoms with Gasteiger partial charge in [0.2, 0.25) is 0 Å². The van der Waals surface area contributed by atoms with Crippen molar-refractivity contribution in [2.75, 3.05) is 5.32 Å². The van der Waals surface area contributed by atoms with Crippen LogP contribution >= 0.6 is 11.6 Å². The minimum atomic E-state index is -0.428. The number of hydrogen-bond donors (Lipinski definition) is 1. The zero-order valence-electron chi connectivity index (χ0n) is 10.7. The van der Waals surface area contributed by atoms with Gasteiger partial charge in [-0.2, -0.15) is 0 Å². The quantitative estimate of drug-likeness (QED) is 0.804. The van der Waals surface area contributed by atoms with Crippen molar-refractivity contribution in [3.8, 4) is 11.4 Å². The van der Waals surface area contributed by atoms with Crippen molar-refractivity contribution in [2.24, 2.45) is 0 Å². The van der Waals surface area contributed by atoms with E-state index in [1.807, 2.05) is 6.07 Å². The second kappa shape index (κ2) is 5.72. The summed E-state index contributed by atoms with van der Waals surface area (Å²) in [6.45, 7) is 0. The summed E-state index contributed by atoms with van der Waals surface area (Å²) in [5.74, 6) is -0.0133. The molecule has 3 aromatic rings. The average Bonchev–Trinajstić information content (AvgIpc) is 3.00. The first-order chi connectivity index (χ1) is 10.2. The Bertz CT molecular complexity index is 774. The Morgan fingerprint density at radius 2 is 2.10 bits per heavy atom. The molecule has 21 heavy (non-hydrogen) atoms. The number of benzene rings is 1. The lowest BCUT2D eigenvalue weighted by molar-refractivity contribution is 0.101. The maximum Gasteiger partial charge on any atom is 0.301 e. The topological polar surface area (TPSA) is 80.9 Å². The average molecular weight is 301 g/mol. The van der Waals surface area contributed by atoms with E-state index in [0.29, 0.717) is 10.8 Å². The molecule has 6 nitrogen and oxygen atoms in total. The Morgan fingerprint density at radius 3 is 2.86 bits per heavy atom. The molecular formula is C14H9ClN4O2. The first-order valence-corrected chi connectivity index (χ1v) is 6.40. The van der Waals surface area contributed by atoms with Gasteiger partial charge in [-0.25, -0.2) is 15.0 Å². The maximum atomic E-state index is 12.0. The van der Waals surface area contributed by atoms with E-state index in [1.54, 1.807) is 18.2 Å². The van der Waals surface area contributed by atoms with Crippen molar-refractivity contribution in [1.82, 2.24) is 15.0 Å². The molecule has 1 amide bonds. The zero-order valence-corrected chi connectivity index (χ0v) is 11.4. The fraction of sp³-hybridized carbons (Fsp3) is 0. The van der Waals surface area contributed by atoms with Gasteiger partial charge in [-0.15, -0.1) is 0 Å². The number of anilines is 1. The van der Waals surface area contributed by atoms with Gasteiger partial charge in [-0.1, -0.05) is 23.7 Å². The molecule has 0 aliphatic heterocycles. The van der Waals surface area contributed by atoms with Crippen LogP contribution in [0.4, 0.5) is 6.01 Å². The molecule has 1 aromatic carbocycles. The van der Waals surface area contributed by atoms with E-state index in [1.165, 1.54) is 24.7 Å². The monoisotopic (exact) mass is 300 g/mol. The molecule has 2 aromatic heterocycles. The lowest BCUT2D eigenvalue weighted by atomic mass is 10.2. The third kappa shape index (κ3) is 3.06. The molecule has 7 heteroatoms. The van der Waals surface area contributed by atoms with Crippen LogP contribution in [0.3, 0.4) is 0 Å². The van der Waals surface area contributed by atoms with Crippen LogP contribution in [0, 0.1) is 0 Å². The van der Waals surface area contributed by atoms with E-state index in [0.717, 1.165) is 5.56 Å². The van der Waals surface area contributed by atoms with Gasteiger partial charge in [0.05, 0.1) is 6.20 Å². The molecule has 1 N–H and O–H groups in total. The highest BCUT2D eigenvalue weighted by Crippen LogP contribution is 2.19. The lowest BCUT2D eigenvalue weighted by Gasteiger charge is -2.03. The predicted molar refractivity (Wildman–Crippen MR) is 76.9 cm³/mol. The minimum Gasteiger partial charge on any atom is -0.432 e. The second-order valence-electron chi connectivity index (χ2n) is 4.07. The van der Waals surface area contributed by atoms with Gasteiger partial charge in [0, 0.05) is 16.8 Å². The van der Waals surface area contributed by atoms with Gasteiger partial charge < -0.3 is 4.42 Å². The molecular weight excluding hydrogens is 292 g/mol. The van der Waals surface area contributed by atoms with Gasteiger partial charge in [-0.05, 0) is 18.2 Å². The maximum absolute atomic E-state index is 12.0. The van der Waals surface area contributed by atoms with Crippen molar-refractivity contribution in [3.63, 3.8) is 0 Å². The summed E-state index contributed by atoms with van der Waals surface area (Å²) in [4.78, 5) is 24.2. The Hall–Kier alpha value is -2.73. The van der Waals surface area contributed by atoms with E-state index < -0.39 is 5.91 Å². The molecule has 0 fully saturated rings. The minimum absolute atomic E-state index is 0.114. The van der Waals surface area contributed by atoms with Crippen LogP contribution in [-0.4, -0.2) is 20.9 Å². The first kappa shape index (κ1) is 13.3. The van der Waals surface area contributed by atoms with Crippen molar-refractivity contribution in [3.05, 3.63) is 59.7 Å². The molecule has 0 atom stereocenters. The summed E-state index contributed by atoms with van der Waals surface area (Å²) in [6, 6.07) is 8.71. The van der Waals surface area contributed by atoms with Crippen molar-refractivity contribution >= 4 is 23.5 Å². The predicted octanol–water partition coefficient (Wildman–Crippen LogP) is 3.04. The number of hydrogen-bond acceptors (Lipinski definition) is 5. The van der Waals surface area contributed by atoms with Crippen LogP contribution in [-0.2, 0) is 0 Å². The SMILES string of the molecule is O=C(Nc1ncco1)c1ccnc(-c2cccc(Cl)c2)n1.